The topological polar surface area (TPSA) is 3.24 Å². The third kappa shape index (κ3) is 6.42. The van der Waals surface area contributed by atoms with Crippen LogP contribution < -0.4 is 4.90 Å². The van der Waals surface area contributed by atoms with Gasteiger partial charge in [-0.3, -0.25) is 0 Å². The van der Waals surface area contributed by atoms with Crippen LogP contribution in [0.5, 0.6) is 0 Å². The Hall–Kier alpha value is -8.26. The summed E-state index contributed by atoms with van der Waals surface area (Å²) in [4.78, 5) is 2.44. The van der Waals surface area contributed by atoms with Crippen LogP contribution in [0.15, 0.2) is 249 Å². The maximum absolute atomic E-state index is 2.44. The molecule has 0 aromatic heterocycles. The quantitative estimate of drug-likeness (QED) is 0.145. The van der Waals surface area contributed by atoms with Crippen LogP contribution >= 0.6 is 0 Å². The van der Waals surface area contributed by atoms with E-state index in [0.717, 1.165) is 28.2 Å². The molecule has 0 radical (unpaired) electrons. The molecule has 1 heteroatoms. The summed E-state index contributed by atoms with van der Waals surface area (Å²) in [7, 11) is 0. The molecule has 1 nitrogen and oxygen atoms in total. The molecule has 0 atom stereocenters. The van der Waals surface area contributed by atoms with E-state index in [-0.39, 0.29) is 0 Å². The van der Waals surface area contributed by atoms with Crippen molar-refractivity contribution in [2.45, 2.75) is 0 Å². The van der Waals surface area contributed by atoms with Gasteiger partial charge in [-0.05, 0) is 135 Å². The zero-order valence-electron chi connectivity index (χ0n) is 34.6. The average molecular weight is 800 g/mol. The second-order valence-electron chi connectivity index (χ2n) is 16.4. The highest BCUT2D eigenvalue weighted by Gasteiger charge is 2.21. The molecule has 0 N–H and O–H groups in total. The number of benzene rings is 12. The lowest BCUT2D eigenvalue weighted by atomic mass is 9.84. The average Bonchev–Trinajstić information content (AvgIpc) is 3.36. The van der Waals surface area contributed by atoms with Crippen molar-refractivity contribution in [1.29, 1.82) is 0 Å². The van der Waals surface area contributed by atoms with Gasteiger partial charge in [-0.1, -0.05) is 206 Å². The van der Waals surface area contributed by atoms with Crippen LogP contribution in [0, 0.1) is 0 Å². The van der Waals surface area contributed by atoms with E-state index in [1.54, 1.807) is 0 Å². The number of para-hydroxylation sites is 1. The largest absolute Gasteiger partial charge is 0.310 e. The minimum Gasteiger partial charge on any atom is -0.310 e. The van der Waals surface area contributed by atoms with Gasteiger partial charge < -0.3 is 4.90 Å². The number of hydrogen-bond acceptors (Lipinski definition) is 1. The number of nitrogens with zero attached hydrogens (tertiary/aromatic N) is 1. The van der Waals surface area contributed by atoms with Crippen LogP contribution in [0.3, 0.4) is 0 Å². The summed E-state index contributed by atoms with van der Waals surface area (Å²) in [6, 6.07) is 91.2. The molecule has 0 spiro atoms. The van der Waals surface area contributed by atoms with Crippen LogP contribution in [0.1, 0.15) is 0 Å². The normalized spacial score (nSPS) is 11.5. The van der Waals surface area contributed by atoms with Gasteiger partial charge in [0.05, 0.1) is 5.69 Å². The molecule has 0 aliphatic rings. The van der Waals surface area contributed by atoms with Crippen LogP contribution in [0.4, 0.5) is 17.1 Å². The van der Waals surface area contributed by atoms with Gasteiger partial charge in [0.2, 0.25) is 0 Å². The fourth-order valence-electron chi connectivity index (χ4n) is 9.82. The molecule has 0 fully saturated rings. The first-order chi connectivity index (χ1) is 31.2. The van der Waals surface area contributed by atoms with Crippen molar-refractivity contribution in [2.24, 2.45) is 0 Å². The molecule has 12 aromatic rings. The first-order valence-corrected chi connectivity index (χ1v) is 21.7. The third-order valence-electron chi connectivity index (χ3n) is 12.8. The number of fused-ring (bicyclic) bond motifs is 7. The summed E-state index contributed by atoms with van der Waals surface area (Å²) in [6.07, 6.45) is 0. The van der Waals surface area contributed by atoms with E-state index in [9.17, 15) is 0 Å². The van der Waals surface area contributed by atoms with Gasteiger partial charge in [0.1, 0.15) is 0 Å². The van der Waals surface area contributed by atoms with E-state index in [2.05, 4.69) is 254 Å². The van der Waals surface area contributed by atoms with Gasteiger partial charge in [-0.15, -0.1) is 0 Å². The predicted octanol–water partition coefficient (Wildman–Crippen LogP) is 17.6. The third-order valence-corrected chi connectivity index (χ3v) is 12.8. The van der Waals surface area contributed by atoms with Crippen molar-refractivity contribution < 1.29 is 0 Å². The van der Waals surface area contributed by atoms with Crippen LogP contribution in [-0.2, 0) is 0 Å². The van der Waals surface area contributed by atoms with Crippen LogP contribution in [0.2, 0.25) is 0 Å². The lowest BCUT2D eigenvalue weighted by Gasteiger charge is -2.28. The minimum absolute atomic E-state index is 1.09. The number of hydrogen-bond donors (Lipinski definition) is 0. The monoisotopic (exact) mass is 799 g/mol. The highest BCUT2D eigenvalue weighted by Crippen LogP contribution is 2.48. The first kappa shape index (κ1) is 36.6. The second-order valence-corrected chi connectivity index (χ2v) is 16.4. The van der Waals surface area contributed by atoms with E-state index >= 15 is 0 Å². The molecule has 63 heavy (non-hydrogen) atoms. The van der Waals surface area contributed by atoms with Gasteiger partial charge in [0.25, 0.3) is 0 Å². The molecule has 12 aromatic carbocycles. The maximum Gasteiger partial charge on any atom is 0.0540 e. The van der Waals surface area contributed by atoms with Crippen molar-refractivity contribution in [1.82, 2.24) is 0 Å². The Labute approximate surface area is 367 Å². The Morgan fingerprint density at radius 1 is 0.222 bits per heavy atom. The van der Waals surface area contributed by atoms with Crippen LogP contribution in [-0.4, -0.2) is 0 Å². The van der Waals surface area contributed by atoms with E-state index in [4.69, 9.17) is 0 Å². The summed E-state index contributed by atoms with van der Waals surface area (Å²) >= 11 is 0. The zero-order chi connectivity index (χ0) is 41.7. The molecule has 0 aliphatic carbocycles. The molecule has 0 saturated heterocycles. The molecule has 0 aliphatic heterocycles. The lowest BCUT2D eigenvalue weighted by Crippen LogP contribution is -2.11. The Morgan fingerprint density at radius 3 is 1.51 bits per heavy atom. The maximum atomic E-state index is 2.44. The van der Waals surface area contributed by atoms with Gasteiger partial charge >= 0.3 is 0 Å². The predicted molar refractivity (Wildman–Crippen MR) is 270 cm³/mol. The van der Waals surface area contributed by atoms with Gasteiger partial charge in [0, 0.05) is 16.9 Å². The molecule has 0 bridgehead atoms. The van der Waals surface area contributed by atoms with Gasteiger partial charge in [-0.25, -0.2) is 0 Å². The second kappa shape index (κ2) is 15.3. The fraction of sp³-hybridized carbons (Fsp3) is 0. The van der Waals surface area contributed by atoms with Crippen molar-refractivity contribution >= 4 is 70.9 Å². The highest BCUT2D eigenvalue weighted by molar-refractivity contribution is 6.22. The Bertz CT molecular complexity index is 3660. The molecule has 0 saturated carbocycles. The van der Waals surface area contributed by atoms with Crippen LogP contribution in [0.25, 0.3) is 98.4 Å². The SMILES string of the molecule is c1ccc(-c2c(-c3ccccc3)c3cc(-c4ccccc4N(c4ccc(-c5ccc6ccccc6c5)cc4)c4ccc5c(ccc6ccccc65)c4)ccc3c3ccccc23)cc1. The van der Waals surface area contributed by atoms with E-state index in [1.807, 2.05) is 0 Å². The molecular weight excluding hydrogens is 759 g/mol. The van der Waals surface area contributed by atoms with E-state index in [1.165, 1.54) is 87.2 Å². The first-order valence-electron chi connectivity index (χ1n) is 21.7. The Balaban J connectivity index is 1.07. The zero-order valence-corrected chi connectivity index (χ0v) is 34.6. The van der Waals surface area contributed by atoms with E-state index in [0.29, 0.717) is 0 Å². The lowest BCUT2D eigenvalue weighted by molar-refractivity contribution is 1.29. The summed E-state index contributed by atoms with van der Waals surface area (Å²) < 4.78 is 0. The van der Waals surface area contributed by atoms with Crippen molar-refractivity contribution in [3.05, 3.63) is 249 Å². The summed E-state index contributed by atoms with van der Waals surface area (Å²) in [5.74, 6) is 0. The van der Waals surface area contributed by atoms with Gasteiger partial charge in [0.15, 0.2) is 0 Å². The van der Waals surface area contributed by atoms with E-state index < -0.39 is 0 Å². The summed E-state index contributed by atoms with van der Waals surface area (Å²) in [6.45, 7) is 0. The Kier molecular flexibility index (Phi) is 8.90. The highest BCUT2D eigenvalue weighted by atomic mass is 15.1. The number of anilines is 3. The standard InChI is InChI=1S/C62H41N/c1-3-17-45(18-4-1)61-58-25-12-11-24-56(58)57-37-33-50(41-59(57)62(61)46-19-5-2-6-20-46)55-23-13-14-26-60(55)63(52-36-38-54-49(40-52)30-28-44-16-9-10-22-53(44)54)51-34-31-43(32-35-51)48-29-27-42-15-7-8-21-47(42)39-48/h1-41H. The number of rotatable bonds is 7. The van der Waals surface area contributed by atoms with Crippen molar-refractivity contribution in [3.63, 3.8) is 0 Å². The molecule has 12 rings (SSSR count). The van der Waals surface area contributed by atoms with Gasteiger partial charge in [-0.2, -0.15) is 0 Å². The molecule has 0 heterocycles. The van der Waals surface area contributed by atoms with Crippen molar-refractivity contribution in [3.8, 4) is 44.5 Å². The summed E-state index contributed by atoms with van der Waals surface area (Å²) in [5.41, 5.74) is 12.9. The molecule has 0 unspecified atom stereocenters. The molecule has 294 valence electrons. The molecular formula is C62H41N. The Morgan fingerprint density at radius 2 is 0.730 bits per heavy atom. The molecule has 0 amide bonds. The smallest absolute Gasteiger partial charge is 0.0540 e. The minimum atomic E-state index is 1.09. The fourth-order valence-corrected chi connectivity index (χ4v) is 9.82. The summed E-state index contributed by atoms with van der Waals surface area (Å²) in [5, 5.41) is 12.4. The van der Waals surface area contributed by atoms with Crippen molar-refractivity contribution in [2.75, 3.05) is 4.90 Å².